The molecule has 15 nitrogen and oxygen atoms in total. The van der Waals surface area contributed by atoms with E-state index in [1.807, 2.05) is 77.3 Å². The van der Waals surface area contributed by atoms with Crippen LogP contribution in [0.25, 0.3) is 0 Å². The number of rotatable bonds is 9. The highest BCUT2D eigenvalue weighted by molar-refractivity contribution is 5.87. The fraction of sp³-hybridized carbons (Fsp3) is 0.833. The lowest BCUT2D eigenvalue weighted by molar-refractivity contribution is -0.887. The van der Waals surface area contributed by atoms with Crippen LogP contribution in [0, 0.1) is 5.92 Å². The molecule has 1 saturated carbocycles. The number of methoxy groups -OCH3 is 2. The number of aliphatic carboxylic acids is 2. The molecule has 3 fully saturated rings. The first-order valence-corrected chi connectivity index (χ1v) is 17.9. The monoisotopic (exact) mass is 730 g/mol. The van der Waals surface area contributed by atoms with Gasteiger partial charge in [-0.15, -0.1) is 0 Å². The van der Waals surface area contributed by atoms with Gasteiger partial charge in [0, 0.05) is 13.1 Å². The van der Waals surface area contributed by atoms with E-state index in [-0.39, 0.29) is 47.8 Å². The summed E-state index contributed by atoms with van der Waals surface area (Å²) in [6.07, 6.45) is 7.29. The van der Waals surface area contributed by atoms with Crippen LogP contribution in [0.15, 0.2) is 0 Å². The molecule has 2 aliphatic heterocycles. The molecule has 296 valence electrons. The predicted molar refractivity (Wildman–Crippen MR) is 188 cm³/mol. The third kappa shape index (κ3) is 15.5. The Morgan fingerprint density at radius 3 is 1.20 bits per heavy atom. The van der Waals surface area contributed by atoms with Crippen molar-refractivity contribution in [1.82, 2.24) is 9.80 Å². The number of carboxylic acids is 2. The minimum absolute atomic E-state index is 0.0208. The van der Waals surface area contributed by atoms with Gasteiger partial charge in [-0.05, 0) is 59.3 Å². The van der Waals surface area contributed by atoms with Crippen molar-refractivity contribution in [2.24, 2.45) is 5.92 Å². The van der Waals surface area contributed by atoms with Crippen LogP contribution >= 0.6 is 0 Å². The van der Waals surface area contributed by atoms with Gasteiger partial charge in [-0.3, -0.25) is 14.4 Å². The molecule has 0 N–H and O–H groups in total. The van der Waals surface area contributed by atoms with E-state index in [9.17, 15) is 39.0 Å². The first kappa shape index (κ1) is 47.7. The SMILES string of the molecule is COC(=O)C1CCCC1.COC(=O)[C@@H]1CCCN1C(=O)[C@H](C)[N+](C)(C)C.C[C@@H](C(=O)N1CCC[C@H]1C(=O)[O-])[N+](C)(C)C.C[C@@H](C(=O)[O-])[N+](C)(C)C. The van der Waals surface area contributed by atoms with E-state index in [2.05, 4.69) is 4.74 Å². The summed E-state index contributed by atoms with van der Waals surface area (Å²) in [5.74, 6) is -2.31. The number of esters is 2. The maximum atomic E-state index is 12.3. The van der Waals surface area contributed by atoms with E-state index >= 15 is 0 Å². The number of quaternary nitrogens is 3. The summed E-state index contributed by atoms with van der Waals surface area (Å²) < 4.78 is 10.8. The zero-order chi connectivity index (χ0) is 40.1. The van der Waals surface area contributed by atoms with Crippen molar-refractivity contribution < 1.29 is 61.9 Å². The summed E-state index contributed by atoms with van der Waals surface area (Å²) in [5, 5.41) is 21.1. The van der Waals surface area contributed by atoms with Crippen LogP contribution in [0.5, 0.6) is 0 Å². The van der Waals surface area contributed by atoms with E-state index < -0.39 is 24.0 Å². The second-order valence-electron chi connectivity index (χ2n) is 16.4. The lowest BCUT2D eigenvalue weighted by atomic mass is 10.1. The van der Waals surface area contributed by atoms with Crippen molar-refractivity contribution in [2.45, 2.75) is 102 Å². The van der Waals surface area contributed by atoms with Gasteiger partial charge in [0.1, 0.15) is 12.1 Å². The topological polar surface area (TPSA) is 173 Å². The van der Waals surface area contributed by atoms with E-state index in [1.165, 1.54) is 32.0 Å². The number of carboxylic acid groups (broad SMARTS) is 2. The molecule has 0 radical (unpaired) electrons. The molecule has 0 aromatic rings. The lowest BCUT2D eigenvalue weighted by Crippen LogP contribution is -2.56. The number of amides is 2. The van der Waals surface area contributed by atoms with Gasteiger partial charge in [-0.1, -0.05) is 12.8 Å². The number of hydrogen-bond donors (Lipinski definition) is 0. The van der Waals surface area contributed by atoms with Crippen LogP contribution < -0.4 is 10.2 Å². The highest BCUT2D eigenvalue weighted by atomic mass is 16.5. The fourth-order valence-electron chi connectivity index (χ4n) is 5.47. The smallest absolute Gasteiger partial charge is 0.328 e. The highest BCUT2D eigenvalue weighted by Crippen LogP contribution is 2.25. The third-order valence-corrected chi connectivity index (χ3v) is 10.2. The van der Waals surface area contributed by atoms with Gasteiger partial charge in [0.25, 0.3) is 11.8 Å². The highest BCUT2D eigenvalue weighted by Gasteiger charge is 2.40. The number of carbonyl (C=O) groups excluding carboxylic acids is 6. The first-order chi connectivity index (χ1) is 23.2. The standard InChI is InChI=1S/C12H23N2O3.C11H20N2O3.C7H12O2.C6H13NO2/c1-9(14(2,3)4)11(15)13-8-6-7-10(13)12(16)17-5;1-8(13(2,3)4)10(14)12-7-5-6-9(12)11(15)16;1-9-7(8)6-4-2-3-5-6;1-5(6(8)9)7(2,3)4/h9-10H,6-8H2,1-5H3;8-9H,5-7H2,1-4H3;6H,2-5H2,1H3;5H,1-4H3/q+1;;;/t9-,10-;8-,9-;;5-/m00.0/s1. The Kier molecular flexibility index (Phi) is 19.3. The molecule has 3 aliphatic rings. The molecule has 0 aromatic carbocycles. The first-order valence-electron chi connectivity index (χ1n) is 17.9. The van der Waals surface area contributed by atoms with E-state index in [1.54, 1.807) is 11.8 Å². The van der Waals surface area contributed by atoms with Gasteiger partial charge in [-0.2, -0.15) is 0 Å². The molecule has 0 spiro atoms. The summed E-state index contributed by atoms with van der Waals surface area (Å²) in [5.41, 5.74) is 0. The summed E-state index contributed by atoms with van der Waals surface area (Å²) in [6, 6.07) is -1.95. The van der Waals surface area contributed by atoms with Gasteiger partial charge in [0.2, 0.25) is 0 Å². The molecular formula is C36H68N5O10+. The third-order valence-electron chi connectivity index (χ3n) is 10.2. The van der Waals surface area contributed by atoms with Gasteiger partial charge in [-0.25, -0.2) is 4.79 Å². The average molecular weight is 731 g/mol. The lowest BCUT2D eigenvalue weighted by Gasteiger charge is -2.35. The molecule has 2 amide bonds. The average Bonchev–Trinajstić information content (AvgIpc) is 3.84. The summed E-state index contributed by atoms with van der Waals surface area (Å²) in [4.78, 5) is 71.0. The van der Waals surface area contributed by atoms with Crippen molar-refractivity contribution >= 4 is 35.7 Å². The number of hydrogen-bond acceptors (Lipinski definition) is 10. The number of likely N-dealkylation sites (tertiary alicyclic amines) is 2. The number of nitrogens with zero attached hydrogens (tertiary/aromatic N) is 5. The molecule has 2 saturated heterocycles. The minimum Gasteiger partial charge on any atom is -0.548 e. The van der Waals surface area contributed by atoms with E-state index in [0.29, 0.717) is 39.4 Å². The van der Waals surface area contributed by atoms with E-state index in [4.69, 9.17) is 4.74 Å². The second-order valence-corrected chi connectivity index (χ2v) is 16.4. The van der Waals surface area contributed by atoms with Gasteiger partial charge in [0.15, 0.2) is 12.1 Å². The van der Waals surface area contributed by atoms with Crippen LogP contribution in [0.1, 0.15) is 72.1 Å². The Hall–Kier alpha value is -3.30. The normalized spacial score (nSPS) is 21.0. The zero-order valence-electron chi connectivity index (χ0n) is 33.9. The minimum atomic E-state index is -1.14. The molecule has 15 heteroatoms. The zero-order valence-corrected chi connectivity index (χ0v) is 33.9. The molecule has 5 atom stereocenters. The van der Waals surface area contributed by atoms with Crippen molar-refractivity contribution in [3.05, 3.63) is 0 Å². The van der Waals surface area contributed by atoms with Crippen molar-refractivity contribution in [3.8, 4) is 0 Å². The van der Waals surface area contributed by atoms with Crippen LogP contribution in [0.3, 0.4) is 0 Å². The fourth-order valence-corrected chi connectivity index (χ4v) is 5.47. The van der Waals surface area contributed by atoms with Crippen LogP contribution in [-0.2, 0) is 38.2 Å². The van der Waals surface area contributed by atoms with Crippen molar-refractivity contribution in [2.75, 3.05) is 90.7 Å². The molecule has 51 heavy (non-hydrogen) atoms. The molecule has 0 bridgehead atoms. The van der Waals surface area contributed by atoms with Crippen LogP contribution in [0.2, 0.25) is 0 Å². The second kappa shape index (κ2) is 20.7. The summed E-state index contributed by atoms with van der Waals surface area (Å²) in [7, 11) is 20.0. The predicted octanol–water partition coefficient (Wildman–Crippen LogP) is -0.752. The number of likely N-dealkylation sites (N-methyl/N-ethyl adjacent to an activating group) is 3. The maximum absolute atomic E-state index is 12.3. The Bertz CT molecular complexity index is 1170. The Morgan fingerprint density at radius 1 is 0.549 bits per heavy atom. The van der Waals surface area contributed by atoms with Crippen molar-refractivity contribution in [3.63, 3.8) is 0 Å². The molecular weight excluding hydrogens is 662 g/mol. The Balaban J connectivity index is 0.000000681. The van der Waals surface area contributed by atoms with Crippen LogP contribution in [0.4, 0.5) is 0 Å². The van der Waals surface area contributed by atoms with Gasteiger partial charge < -0.3 is 52.5 Å². The molecule has 1 aliphatic carbocycles. The number of carbonyl (C=O) groups is 6. The molecule has 3 rings (SSSR count). The van der Waals surface area contributed by atoms with E-state index in [0.717, 1.165) is 25.7 Å². The Labute approximate surface area is 306 Å². The number of ether oxygens (including phenoxy) is 2. The van der Waals surface area contributed by atoms with Crippen LogP contribution in [-0.4, -0.2) is 180 Å². The molecule has 0 aromatic heterocycles. The van der Waals surface area contributed by atoms with Gasteiger partial charge in [0.05, 0.1) is 102 Å². The molecule has 2 heterocycles. The summed E-state index contributed by atoms with van der Waals surface area (Å²) >= 11 is 0. The Morgan fingerprint density at radius 2 is 0.902 bits per heavy atom. The molecule has 0 unspecified atom stereocenters. The largest absolute Gasteiger partial charge is 0.548 e. The summed E-state index contributed by atoms with van der Waals surface area (Å²) in [6.45, 7) is 6.54. The quantitative estimate of drug-likeness (QED) is 0.217. The maximum Gasteiger partial charge on any atom is 0.328 e. The van der Waals surface area contributed by atoms with Gasteiger partial charge >= 0.3 is 11.9 Å². The van der Waals surface area contributed by atoms with Crippen molar-refractivity contribution in [1.29, 1.82) is 0 Å².